The van der Waals surface area contributed by atoms with E-state index in [0.29, 0.717) is 16.1 Å². The second-order valence-corrected chi connectivity index (χ2v) is 5.53. The van der Waals surface area contributed by atoms with E-state index in [-0.39, 0.29) is 0 Å². The Kier molecular flexibility index (Phi) is 5.50. The number of carbonyl (C=O) groups excluding carboxylic acids is 1. The Labute approximate surface area is 135 Å². The molecule has 2 aromatic carbocycles. The zero-order chi connectivity index (χ0) is 15.2. The first-order valence-corrected chi connectivity index (χ1v) is 7.26. The van der Waals surface area contributed by atoms with Crippen LogP contribution in [-0.2, 0) is 4.79 Å². The molecule has 0 saturated heterocycles. The summed E-state index contributed by atoms with van der Waals surface area (Å²) in [6, 6.07) is 13.9. The van der Waals surface area contributed by atoms with E-state index < -0.39 is 12.0 Å². The highest BCUT2D eigenvalue weighted by Gasteiger charge is 2.16. The third-order valence-electron chi connectivity index (χ3n) is 2.72. The van der Waals surface area contributed by atoms with E-state index in [1.54, 1.807) is 42.5 Å². The van der Waals surface area contributed by atoms with E-state index in [1.165, 1.54) is 6.21 Å². The van der Waals surface area contributed by atoms with Gasteiger partial charge in [-0.2, -0.15) is 5.10 Å². The summed E-state index contributed by atoms with van der Waals surface area (Å²) in [6.07, 6.45) is 0.149. The Hall–Kier alpha value is -1.69. The topological polar surface area (TPSA) is 61.7 Å². The molecule has 0 aromatic heterocycles. The van der Waals surface area contributed by atoms with Gasteiger partial charge in [0, 0.05) is 15.1 Å². The van der Waals surface area contributed by atoms with E-state index in [2.05, 4.69) is 26.5 Å². The van der Waals surface area contributed by atoms with Crippen molar-refractivity contribution in [2.75, 3.05) is 0 Å². The number of halogens is 2. The molecule has 2 rings (SSSR count). The molecule has 21 heavy (non-hydrogen) atoms. The van der Waals surface area contributed by atoms with Crippen LogP contribution in [0.1, 0.15) is 17.2 Å². The normalized spacial score (nSPS) is 12.3. The Balaban J connectivity index is 1.98. The third kappa shape index (κ3) is 4.39. The van der Waals surface area contributed by atoms with Crippen LogP contribution in [0.3, 0.4) is 0 Å². The van der Waals surface area contributed by atoms with Crippen LogP contribution in [0.25, 0.3) is 0 Å². The predicted molar refractivity (Wildman–Crippen MR) is 86.3 cm³/mol. The van der Waals surface area contributed by atoms with Crippen LogP contribution in [0.15, 0.2) is 58.1 Å². The van der Waals surface area contributed by atoms with Gasteiger partial charge in [-0.25, -0.2) is 5.43 Å². The van der Waals surface area contributed by atoms with Gasteiger partial charge in [0.25, 0.3) is 5.91 Å². The summed E-state index contributed by atoms with van der Waals surface area (Å²) in [7, 11) is 0. The number of hydrogen-bond acceptors (Lipinski definition) is 3. The number of carbonyl (C=O) groups is 1. The van der Waals surface area contributed by atoms with Crippen LogP contribution in [0, 0.1) is 0 Å². The minimum atomic E-state index is -1.28. The van der Waals surface area contributed by atoms with Crippen LogP contribution in [-0.4, -0.2) is 17.2 Å². The molecule has 6 heteroatoms. The van der Waals surface area contributed by atoms with Gasteiger partial charge in [-0.3, -0.25) is 4.79 Å². The molecule has 1 amide bonds. The number of aliphatic hydroxyl groups excluding tert-OH is 1. The smallest absolute Gasteiger partial charge is 0.273 e. The number of benzene rings is 2. The van der Waals surface area contributed by atoms with Crippen molar-refractivity contribution in [3.63, 3.8) is 0 Å². The van der Waals surface area contributed by atoms with Crippen molar-refractivity contribution < 1.29 is 9.90 Å². The van der Waals surface area contributed by atoms with E-state index in [9.17, 15) is 9.90 Å². The lowest BCUT2D eigenvalue weighted by molar-refractivity contribution is -0.129. The minimum absolute atomic E-state index is 0.489. The molecule has 0 heterocycles. The average molecular weight is 368 g/mol. The number of hydrogen-bond donors (Lipinski definition) is 2. The molecule has 0 bridgehead atoms. The molecular formula is C15H12BrClN2O2. The van der Waals surface area contributed by atoms with Crippen LogP contribution in [0.5, 0.6) is 0 Å². The molecule has 0 aliphatic carbocycles. The quantitative estimate of drug-likeness (QED) is 0.643. The van der Waals surface area contributed by atoms with Crippen molar-refractivity contribution in [2.45, 2.75) is 6.10 Å². The molecule has 1 atom stereocenters. The molecule has 0 unspecified atom stereocenters. The van der Waals surface area contributed by atoms with Gasteiger partial charge >= 0.3 is 0 Å². The SMILES string of the molecule is O=C(N/N=C\c1ccccc1Cl)[C@@H](O)c1ccc(Br)cc1. The van der Waals surface area contributed by atoms with Crippen LogP contribution in [0.2, 0.25) is 5.02 Å². The summed E-state index contributed by atoms with van der Waals surface area (Å²) >= 11 is 9.24. The summed E-state index contributed by atoms with van der Waals surface area (Å²) in [5.41, 5.74) is 3.45. The number of rotatable bonds is 4. The highest BCUT2D eigenvalue weighted by molar-refractivity contribution is 9.10. The van der Waals surface area contributed by atoms with Gasteiger partial charge in [0.15, 0.2) is 6.10 Å². The lowest BCUT2D eigenvalue weighted by Gasteiger charge is -2.09. The first kappa shape index (κ1) is 15.7. The number of nitrogens with zero attached hydrogens (tertiary/aromatic N) is 1. The van der Waals surface area contributed by atoms with Gasteiger partial charge in [0.2, 0.25) is 0 Å². The monoisotopic (exact) mass is 366 g/mol. The van der Waals surface area contributed by atoms with Crippen LogP contribution < -0.4 is 5.43 Å². The van der Waals surface area contributed by atoms with Crippen molar-refractivity contribution >= 4 is 39.7 Å². The molecule has 0 spiro atoms. The Morgan fingerprint density at radius 3 is 2.57 bits per heavy atom. The molecule has 2 aromatic rings. The summed E-state index contributed by atoms with van der Waals surface area (Å²) in [6.45, 7) is 0. The Bertz CT molecular complexity index is 659. The van der Waals surface area contributed by atoms with Gasteiger partial charge in [-0.15, -0.1) is 0 Å². The van der Waals surface area contributed by atoms with Gasteiger partial charge in [-0.05, 0) is 23.8 Å². The number of aliphatic hydroxyl groups is 1. The maximum Gasteiger partial charge on any atom is 0.273 e. The van der Waals surface area contributed by atoms with Gasteiger partial charge in [-0.1, -0.05) is 57.9 Å². The highest BCUT2D eigenvalue weighted by atomic mass is 79.9. The molecule has 0 fully saturated rings. The molecule has 4 nitrogen and oxygen atoms in total. The van der Waals surface area contributed by atoms with Gasteiger partial charge < -0.3 is 5.11 Å². The standard InChI is InChI=1S/C15H12BrClN2O2/c16-12-7-5-10(6-8-12)14(20)15(21)19-18-9-11-3-1-2-4-13(11)17/h1-9,14,20H,(H,19,21)/b18-9-/t14-/m0/s1. The Morgan fingerprint density at radius 2 is 1.90 bits per heavy atom. The zero-order valence-corrected chi connectivity index (χ0v) is 13.2. The lowest BCUT2D eigenvalue weighted by Crippen LogP contribution is -2.25. The summed E-state index contributed by atoms with van der Waals surface area (Å²) in [5.74, 6) is -0.611. The summed E-state index contributed by atoms with van der Waals surface area (Å²) in [5, 5.41) is 14.2. The maximum atomic E-state index is 11.8. The first-order chi connectivity index (χ1) is 10.1. The van der Waals surface area contributed by atoms with Crippen molar-refractivity contribution in [3.8, 4) is 0 Å². The van der Waals surface area contributed by atoms with E-state index in [1.807, 2.05) is 6.07 Å². The largest absolute Gasteiger partial charge is 0.378 e. The molecule has 108 valence electrons. The van der Waals surface area contributed by atoms with Crippen molar-refractivity contribution in [2.24, 2.45) is 5.10 Å². The first-order valence-electron chi connectivity index (χ1n) is 6.09. The Morgan fingerprint density at radius 1 is 1.24 bits per heavy atom. The fraction of sp³-hybridized carbons (Fsp3) is 0.0667. The number of nitrogens with one attached hydrogen (secondary N) is 1. The number of hydrazone groups is 1. The van der Waals surface area contributed by atoms with Crippen molar-refractivity contribution in [3.05, 3.63) is 69.2 Å². The predicted octanol–water partition coefficient (Wildman–Crippen LogP) is 3.29. The average Bonchev–Trinajstić information content (AvgIpc) is 2.49. The molecular weight excluding hydrogens is 356 g/mol. The maximum absolute atomic E-state index is 11.8. The highest BCUT2D eigenvalue weighted by Crippen LogP contribution is 2.17. The summed E-state index contributed by atoms with van der Waals surface area (Å²) < 4.78 is 0.871. The van der Waals surface area contributed by atoms with E-state index >= 15 is 0 Å². The number of amides is 1. The zero-order valence-electron chi connectivity index (χ0n) is 10.8. The molecule has 0 radical (unpaired) electrons. The lowest BCUT2D eigenvalue weighted by atomic mass is 10.1. The minimum Gasteiger partial charge on any atom is -0.378 e. The van der Waals surface area contributed by atoms with Gasteiger partial charge in [0.1, 0.15) is 0 Å². The molecule has 2 N–H and O–H groups in total. The summed E-state index contributed by atoms with van der Waals surface area (Å²) in [4.78, 5) is 11.8. The molecule has 0 aliphatic rings. The fourth-order valence-electron chi connectivity index (χ4n) is 1.60. The molecule has 0 aliphatic heterocycles. The fourth-order valence-corrected chi connectivity index (χ4v) is 2.05. The van der Waals surface area contributed by atoms with E-state index in [4.69, 9.17) is 11.6 Å². The van der Waals surface area contributed by atoms with Crippen molar-refractivity contribution in [1.29, 1.82) is 0 Å². The third-order valence-corrected chi connectivity index (χ3v) is 3.59. The second-order valence-electron chi connectivity index (χ2n) is 4.21. The van der Waals surface area contributed by atoms with Crippen molar-refractivity contribution in [1.82, 2.24) is 5.43 Å². The van der Waals surface area contributed by atoms with Crippen LogP contribution in [0.4, 0.5) is 0 Å². The van der Waals surface area contributed by atoms with Gasteiger partial charge in [0.05, 0.1) is 6.21 Å². The van der Waals surface area contributed by atoms with E-state index in [0.717, 1.165) is 4.47 Å². The second kappa shape index (κ2) is 7.36. The molecule has 0 saturated carbocycles. The van der Waals surface area contributed by atoms with Crippen LogP contribution >= 0.6 is 27.5 Å².